The molecule has 0 amide bonds. The lowest BCUT2D eigenvalue weighted by Crippen LogP contribution is -2.27. The molecule has 1 atom stereocenters. The van der Waals surface area contributed by atoms with Crippen LogP contribution >= 0.6 is 11.3 Å². The van der Waals surface area contributed by atoms with Gasteiger partial charge in [0.2, 0.25) is 0 Å². The van der Waals surface area contributed by atoms with E-state index in [4.69, 9.17) is 0 Å². The van der Waals surface area contributed by atoms with Gasteiger partial charge in [-0.2, -0.15) is 11.3 Å². The number of thiophene rings is 1. The molecule has 1 aromatic rings. The first kappa shape index (κ1) is 11.2. The van der Waals surface area contributed by atoms with Crippen LogP contribution in [0.4, 0.5) is 0 Å². The Morgan fingerprint density at radius 3 is 2.60 bits per heavy atom. The zero-order valence-corrected chi connectivity index (χ0v) is 10.5. The lowest BCUT2D eigenvalue weighted by atomic mass is 9.78. The van der Waals surface area contributed by atoms with Crippen LogP contribution in [0.2, 0.25) is 0 Å². The minimum Gasteiger partial charge on any atom is -0.313 e. The Hall–Kier alpha value is -0.340. The predicted molar refractivity (Wildman–Crippen MR) is 67.2 cm³/mol. The van der Waals surface area contributed by atoms with Crippen molar-refractivity contribution in [3.8, 4) is 0 Å². The second-order valence-electron chi connectivity index (χ2n) is 4.84. The summed E-state index contributed by atoms with van der Waals surface area (Å²) in [6, 6.07) is 2.85. The van der Waals surface area contributed by atoms with Crippen LogP contribution in [-0.4, -0.2) is 7.05 Å². The van der Waals surface area contributed by atoms with Gasteiger partial charge in [-0.05, 0) is 54.1 Å². The van der Waals surface area contributed by atoms with Crippen molar-refractivity contribution in [2.75, 3.05) is 7.05 Å². The van der Waals surface area contributed by atoms with Gasteiger partial charge >= 0.3 is 0 Å². The third kappa shape index (κ3) is 2.61. The maximum Gasteiger partial charge on any atom is 0.0354 e. The van der Waals surface area contributed by atoms with Gasteiger partial charge in [-0.1, -0.05) is 19.8 Å². The van der Waals surface area contributed by atoms with Gasteiger partial charge in [0.1, 0.15) is 0 Å². The van der Waals surface area contributed by atoms with Crippen molar-refractivity contribution in [1.82, 2.24) is 5.32 Å². The second kappa shape index (κ2) is 5.13. The number of rotatable bonds is 3. The molecule has 1 saturated carbocycles. The Morgan fingerprint density at radius 2 is 2.07 bits per heavy atom. The summed E-state index contributed by atoms with van der Waals surface area (Å²) in [7, 11) is 2.10. The fourth-order valence-electron chi connectivity index (χ4n) is 2.75. The Bertz CT molecular complexity index is 273. The van der Waals surface area contributed by atoms with E-state index in [9.17, 15) is 0 Å². The molecular weight excluding hydrogens is 202 g/mol. The summed E-state index contributed by atoms with van der Waals surface area (Å²) in [5.41, 5.74) is 1.49. The summed E-state index contributed by atoms with van der Waals surface area (Å²) >= 11 is 1.81. The fraction of sp³-hybridized carbons (Fsp3) is 0.692. The highest BCUT2D eigenvalue weighted by atomic mass is 32.1. The van der Waals surface area contributed by atoms with E-state index in [1.54, 1.807) is 0 Å². The third-order valence-corrected chi connectivity index (χ3v) is 4.45. The monoisotopic (exact) mass is 223 g/mol. The SMILES string of the molecule is CNC(c1ccsc1)C1CCC(C)CC1. The molecule has 0 radical (unpaired) electrons. The lowest BCUT2D eigenvalue weighted by Gasteiger charge is -2.32. The summed E-state index contributed by atoms with van der Waals surface area (Å²) in [6.45, 7) is 2.38. The highest BCUT2D eigenvalue weighted by Gasteiger charge is 2.26. The van der Waals surface area contributed by atoms with Gasteiger partial charge in [0.15, 0.2) is 0 Å². The zero-order valence-electron chi connectivity index (χ0n) is 9.70. The molecule has 0 aromatic carbocycles. The molecule has 1 N–H and O–H groups in total. The van der Waals surface area contributed by atoms with E-state index < -0.39 is 0 Å². The Labute approximate surface area is 96.9 Å². The molecule has 1 unspecified atom stereocenters. The maximum absolute atomic E-state index is 3.50. The van der Waals surface area contributed by atoms with Gasteiger partial charge in [-0.15, -0.1) is 0 Å². The van der Waals surface area contributed by atoms with E-state index in [2.05, 4.69) is 36.1 Å². The van der Waals surface area contributed by atoms with Crippen LogP contribution in [0.1, 0.15) is 44.2 Å². The Balaban J connectivity index is 2.01. The smallest absolute Gasteiger partial charge is 0.0354 e. The van der Waals surface area contributed by atoms with Crippen LogP contribution in [0.15, 0.2) is 16.8 Å². The van der Waals surface area contributed by atoms with Crippen LogP contribution in [0.25, 0.3) is 0 Å². The first-order chi connectivity index (χ1) is 7.31. The molecule has 1 aromatic heterocycles. The molecule has 1 aliphatic rings. The highest BCUT2D eigenvalue weighted by Crippen LogP contribution is 2.36. The van der Waals surface area contributed by atoms with E-state index in [0.29, 0.717) is 6.04 Å². The molecule has 1 aliphatic carbocycles. The van der Waals surface area contributed by atoms with Crippen LogP contribution < -0.4 is 5.32 Å². The minimum atomic E-state index is 0.587. The highest BCUT2D eigenvalue weighted by molar-refractivity contribution is 7.07. The van der Waals surface area contributed by atoms with Crippen molar-refractivity contribution in [1.29, 1.82) is 0 Å². The molecule has 2 rings (SSSR count). The largest absolute Gasteiger partial charge is 0.313 e. The van der Waals surface area contributed by atoms with Crippen molar-refractivity contribution in [2.24, 2.45) is 11.8 Å². The molecule has 0 bridgehead atoms. The van der Waals surface area contributed by atoms with Crippen molar-refractivity contribution in [2.45, 2.75) is 38.6 Å². The summed E-state index contributed by atoms with van der Waals surface area (Å²) in [6.07, 6.45) is 5.60. The zero-order chi connectivity index (χ0) is 10.7. The standard InChI is InChI=1S/C13H21NS/c1-10-3-5-11(6-4-10)13(14-2)12-7-8-15-9-12/h7-11,13-14H,3-6H2,1-2H3. The van der Waals surface area contributed by atoms with E-state index in [1.807, 2.05) is 11.3 Å². The third-order valence-electron chi connectivity index (χ3n) is 3.75. The molecule has 1 nitrogen and oxygen atoms in total. The van der Waals surface area contributed by atoms with E-state index in [0.717, 1.165) is 11.8 Å². The van der Waals surface area contributed by atoms with Crippen LogP contribution in [0, 0.1) is 11.8 Å². The van der Waals surface area contributed by atoms with Crippen molar-refractivity contribution < 1.29 is 0 Å². The van der Waals surface area contributed by atoms with E-state index in [1.165, 1.54) is 31.2 Å². The van der Waals surface area contributed by atoms with Gasteiger partial charge in [-0.3, -0.25) is 0 Å². The van der Waals surface area contributed by atoms with Crippen molar-refractivity contribution in [3.63, 3.8) is 0 Å². The maximum atomic E-state index is 3.50. The van der Waals surface area contributed by atoms with Gasteiger partial charge in [0, 0.05) is 6.04 Å². The molecule has 2 heteroatoms. The van der Waals surface area contributed by atoms with Gasteiger partial charge in [-0.25, -0.2) is 0 Å². The average Bonchev–Trinajstić information content (AvgIpc) is 2.75. The average molecular weight is 223 g/mol. The molecule has 15 heavy (non-hydrogen) atoms. The lowest BCUT2D eigenvalue weighted by molar-refractivity contribution is 0.238. The first-order valence-corrected chi connectivity index (χ1v) is 6.95. The molecule has 0 spiro atoms. The summed E-state index contributed by atoms with van der Waals surface area (Å²) in [5.74, 6) is 1.79. The molecule has 1 heterocycles. The number of hydrogen-bond donors (Lipinski definition) is 1. The van der Waals surface area contributed by atoms with Crippen LogP contribution in [0.5, 0.6) is 0 Å². The molecule has 0 saturated heterocycles. The minimum absolute atomic E-state index is 0.587. The number of nitrogens with one attached hydrogen (secondary N) is 1. The molecule has 0 aliphatic heterocycles. The van der Waals surface area contributed by atoms with E-state index >= 15 is 0 Å². The second-order valence-corrected chi connectivity index (χ2v) is 5.62. The summed E-state index contributed by atoms with van der Waals surface area (Å²) in [5, 5.41) is 7.97. The number of hydrogen-bond acceptors (Lipinski definition) is 2. The van der Waals surface area contributed by atoms with Gasteiger partial charge in [0.05, 0.1) is 0 Å². The van der Waals surface area contributed by atoms with Crippen molar-refractivity contribution >= 4 is 11.3 Å². The normalized spacial score (nSPS) is 28.9. The molecular formula is C13H21NS. The Morgan fingerprint density at radius 1 is 1.33 bits per heavy atom. The predicted octanol–water partition coefficient (Wildman–Crippen LogP) is 3.83. The van der Waals surface area contributed by atoms with Gasteiger partial charge in [0.25, 0.3) is 0 Å². The van der Waals surface area contributed by atoms with Crippen LogP contribution in [0.3, 0.4) is 0 Å². The first-order valence-electron chi connectivity index (χ1n) is 6.00. The summed E-state index contributed by atoms with van der Waals surface area (Å²) in [4.78, 5) is 0. The quantitative estimate of drug-likeness (QED) is 0.821. The molecule has 1 fully saturated rings. The van der Waals surface area contributed by atoms with Gasteiger partial charge < -0.3 is 5.32 Å². The topological polar surface area (TPSA) is 12.0 Å². The van der Waals surface area contributed by atoms with Crippen molar-refractivity contribution in [3.05, 3.63) is 22.4 Å². The Kier molecular flexibility index (Phi) is 3.81. The summed E-state index contributed by atoms with van der Waals surface area (Å²) < 4.78 is 0. The van der Waals surface area contributed by atoms with E-state index in [-0.39, 0.29) is 0 Å². The fourth-order valence-corrected chi connectivity index (χ4v) is 3.44. The van der Waals surface area contributed by atoms with Crippen LogP contribution in [-0.2, 0) is 0 Å². The molecule has 84 valence electrons.